The predicted octanol–water partition coefficient (Wildman–Crippen LogP) is 3.40. The summed E-state index contributed by atoms with van der Waals surface area (Å²) in [6, 6.07) is 0. The maximum Gasteiger partial charge on any atom is 0.306 e. The minimum absolute atomic E-state index is 0. The van der Waals surface area contributed by atoms with E-state index in [0.717, 1.165) is 51.4 Å². The summed E-state index contributed by atoms with van der Waals surface area (Å²) in [5, 5.41) is 36.4. The molecule has 0 unspecified atom stereocenters. The summed E-state index contributed by atoms with van der Waals surface area (Å²) in [5.41, 5.74) is 0. The van der Waals surface area contributed by atoms with Gasteiger partial charge in [-0.1, -0.05) is 60.8 Å². The second-order valence-corrected chi connectivity index (χ2v) is 8.93. The number of nitrogens with zero attached hydrogens (tertiary/aromatic N) is 1. The number of carbonyl (C=O) groups is 3. The molecule has 0 aliphatic carbocycles. The summed E-state index contributed by atoms with van der Waals surface area (Å²) in [6.45, 7) is 8.50. The molecule has 0 saturated heterocycles. The molecule has 0 aromatic carbocycles. The van der Waals surface area contributed by atoms with Crippen LogP contribution in [0.15, 0.2) is 0 Å². The highest BCUT2D eigenvalue weighted by molar-refractivity contribution is 5.70. The quantitative estimate of drug-likeness (QED) is 0.335. The molecule has 0 aliphatic rings. The Morgan fingerprint density at radius 2 is 1.03 bits per heavy atom. The largest absolute Gasteiger partial charge is 0.550 e. The first-order valence-corrected chi connectivity index (χ1v) is 11.4. The predicted molar refractivity (Wildman–Crippen MR) is 127 cm³/mol. The minimum atomic E-state index is -1.20. The van der Waals surface area contributed by atoms with Crippen LogP contribution < -0.4 is 5.11 Å². The molecule has 0 aromatic rings. The molecule has 0 saturated carbocycles. The zero-order chi connectivity index (χ0) is 25.0. The molecule has 0 aromatic heterocycles. The number of hydrogen-bond acceptors (Lipinski definition) is 5. The molecule has 0 fully saturated rings. The number of hydrogen-bond donors (Lipinski definition) is 3. The second kappa shape index (κ2) is 22.5. The Bertz CT molecular complexity index is 437. The number of aliphatic hydroxyl groups excluding tert-OH is 1. The highest BCUT2D eigenvalue weighted by Crippen LogP contribution is 2.13. The number of quaternary nitrogens is 1. The molecule has 0 radical (unpaired) electrons. The Kier molecular flexibility index (Phi) is 26.5. The number of carboxylic acid groups (broad SMARTS) is 3. The van der Waals surface area contributed by atoms with Gasteiger partial charge in [-0.05, 0) is 25.7 Å². The van der Waals surface area contributed by atoms with E-state index in [1.54, 1.807) is 0 Å². The number of carbonyl (C=O) groups excluding carboxylic acids is 1. The van der Waals surface area contributed by atoms with Crippen molar-refractivity contribution in [1.29, 1.82) is 0 Å². The number of aliphatic carboxylic acids is 3. The highest BCUT2D eigenvalue weighted by atomic mass is 16.4. The maximum absolute atomic E-state index is 10.5. The van der Waals surface area contributed by atoms with Crippen molar-refractivity contribution in [3.8, 4) is 0 Å². The van der Waals surface area contributed by atoms with Crippen molar-refractivity contribution in [2.45, 2.75) is 99.0 Å². The van der Waals surface area contributed by atoms with Crippen LogP contribution in [-0.4, -0.2) is 71.5 Å². The first-order valence-electron chi connectivity index (χ1n) is 11.4. The van der Waals surface area contributed by atoms with Gasteiger partial charge in [-0.3, -0.25) is 9.59 Å². The molecule has 3 N–H and O–H groups in total. The van der Waals surface area contributed by atoms with Gasteiger partial charge in [0.25, 0.3) is 0 Å². The Morgan fingerprint density at radius 3 is 1.19 bits per heavy atom. The van der Waals surface area contributed by atoms with Crippen LogP contribution in [-0.2, 0) is 14.4 Å². The summed E-state index contributed by atoms with van der Waals surface area (Å²) in [4.78, 5) is 31.0. The van der Waals surface area contributed by atoms with Gasteiger partial charge in [-0.25, -0.2) is 0 Å². The lowest BCUT2D eigenvalue weighted by atomic mass is 9.99. The lowest BCUT2D eigenvalue weighted by Crippen LogP contribution is -2.43. The molecule has 0 bridgehead atoms. The first kappa shape index (κ1) is 37.6. The molecule has 0 amide bonds. The fourth-order valence-electron chi connectivity index (χ4n) is 3.07. The van der Waals surface area contributed by atoms with E-state index in [0.29, 0.717) is 11.0 Å². The SMILES string of the molecule is C.CCCC(CCC)C(=O)O.CCCC(CCC)C(=O)O.C[N+](C)(C)C[C@H](O)CC(=O)[O-]. The molecular weight excluding hydrogens is 414 g/mol. The van der Waals surface area contributed by atoms with Crippen molar-refractivity contribution < 1.29 is 39.3 Å². The van der Waals surface area contributed by atoms with Crippen molar-refractivity contribution in [2.24, 2.45) is 11.8 Å². The summed E-state index contributed by atoms with van der Waals surface area (Å²) < 4.78 is 0.550. The number of carboxylic acids is 3. The molecule has 194 valence electrons. The van der Waals surface area contributed by atoms with Crippen LogP contribution in [0.4, 0.5) is 0 Å². The van der Waals surface area contributed by atoms with Gasteiger partial charge in [0.05, 0.1) is 33.0 Å². The summed E-state index contributed by atoms with van der Waals surface area (Å²) >= 11 is 0. The molecule has 0 aliphatic heterocycles. The van der Waals surface area contributed by atoms with Crippen LogP contribution in [0.5, 0.6) is 0 Å². The monoisotopic (exact) mass is 465 g/mol. The van der Waals surface area contributed by atoms with E-state index in [2.05, 4.69) is 0 Å². The molecule has 8 nitrogen and oxygen atoms in total. The topological polar surface area (TPSA) is 135 Å². The van der Waals surface area contributed by atoms with Gasteiger partial charge in [0, 0.05) is 12.4 Å². The van der Waals surface area contributed by atoms with E-state index in [9.17, 15) is 19.5 Å². The Labute approximate surface area is 196 Å². The van der Waals surface area contributed by atoms with Crippen LogP contribution in [0, 0.1) is 11.8 Å². The van der Waals surface area contributed by atoms with Crippen molar-refractivity contribution in [1.82, 2.24) is 0 Å². The van der Waals surface area contributed by atoms with Gasteiger partial charge in [-0.2, -0.15) is 0 Å². The smallest absolute Gasteiger partial charge is 0.306 e. The van der Waals surface area contributed by atoms with E-state index in [4.69, 9.17) is 15.3 Å². The summed E-state index contributed by atoms with van der Waals surface area (Å²) in [5.74, 6) is -2.68. The van der Waals surface area contributed by atoms with Crippen LogP contribution >= 0.6 is 0 Å². The highest BCUT2D eigenvalue weighted by Gasteiger charge is 2.15. The van der Waals surface area contributed by atoms with Crippen molar-refractivity contribution >= 4 is 17.9 Å². The summed E-state index contributed by atoms with van der Waals surface area (Å²) in [7, 11) is 5.66. The van der Waals surface area contributed by atoms with E-state index in [1.165, 1.54) is 0 Å². The molecular formula is C24H51NO7. The lowest BCUT2D eigenvalue weighted by molar-refractivity contribution is -0.873. The van der Waals surface area contributed by atoms with Crippen molar-refractivity contribution in [3.05, 3.63) is 0 Å². The molecule has 8 heteroatoms. The molecule has 0 spiro atoms. The second-order valence-electron chi connectivity index (χ2n) is 8.93. The minimum Gasteiger partial charge on any atom is -0.550 e. The van der Waals surface area contributed by atoms with Crippen LogP contribution in [0.3, 0.4) is 0 Å². The van der Waals surface area contributed by atoms with E-state index in [-0.39, 0.29) is 25.7 Å². The average Bonchev–Trinajstić information content (AvgIpc) is 2.60. The number of likely N-dealkylation sites (N-methyl/N-ethyl adjacent to an activating group) is 1. The van der Waals surface area contributed by atoms with Gasteiger partial charge in [0.2, 0.25) is 0 Å². The molecule has 1 atom stereocenters. The van der Waals surface area contributed by atoms with Crippen LogP contribution in [0.1, 0.15) is 92.9 Å². The third-order valence-corrected chi connectivity index (χ3v) is 4.41. The fraction of sp³-hybridized carbons (Fsp3) is 0.875. The standard InChI is InChI=1S/2C8H16O2.C7H15NO3.CH4/c2*1-3-5-7(6-4-2)8(9)10;1-8(2,3)5-6(9)4-7(10)11;/h2*7H,3-6H2,1-2H3,(H,9,10);6,9H,4-5H2,1-3H3;1H4/t;;6-;/m..1./s1. The first-order chi connectivity index (χ1) is 14.2. The molecule has 32 heavy (non-hydrogen) atoms. The van der Waals surface area contributed by atoms with Gasteiger partial charge >= 0.3 is 11.9 Å². The molecule has 0 rings (SSSR count). The van der Waals surface area contributed by atoms with Crippen LogP contribution in [0.25, 0.3) is 0 Å². The fourth-order valence-corrected chi connectivity index (χ4v) is 3.07. The maximum atomic E-state index is 10.5. The Hall–Kier alpha value is -1.67. The lowest BCUT2D eigenvalue weighted by Gasteiger charge is -2.26. The van der Waals surface area contributed by atoms with E-state index < -0.39 is 24.0 Å². The number of aliphatic hydroxyl groups is 1. The van der Waals surface area contributed by atoms with Gasteiger partial charge in [0.1, 0.15) is 12.6 Å². The zero-order valence-electron chi connectivity index (χ0n) is 20.7. The van der Waals surface area contributed by atoms with E-state index in [1.807, 2.05) is 48.8 Å². The Balaban J connectivity index is -0.000000181. The summed E-state index contributed by atoms with van der Waals surface area (Å²) in [6.07, 6.45) is 6.08. The van der Waals surface area contributed by atoms with Gasteiger partial charge < -0.3 is 29.7 Å². The number of rotatable bonds is 14. The third-order valence-electron chi connectivity index (χ3n) is 4.41. The van der Waals surface area contributed by atoms with Crippen molar-refractivity contribution in [3.63, 3.8) is 0 Å². The van der Waals surface area contributed by atoms with Gasteiger partial charge in [-0.15, -0.1) is 0 Å². The normalized spacial score (nSPS) is 11.4. The average molecular weight is 466 g/mol. The van der Waals surface area contributed by atoms with Crippen LogP contribution in [0.2, 0.25) is 0 Å². The molecule has 0 heterocycles. The van der Waals surface area contributed by atoms with E-state index >= 15 is 0 Å². The van der Waals surface area contributed by atoms with Crippen molar-refractivity contribution in [2.75, 3.05) is 27.7 Å². The Morgan fingerprint density at radius 1 is 0.750 bits per heavy atom. The zero-order valence-corrected chi connectivity index (χ0v) is 20.7. The van der Waals surface area contributed by atoms with Gasteiger partial charge in [0.15, 0.2) is 0 Å². The third kappa shape index (κ3) is 28.3.